The Kier molecular flexibility index (Phi) is 3.67. The number of hydrogen-bond donors (Lipinski definition) is 0. The van der Waals surface area contributed by atoms with Crippen LogP contribution in [0, 0.1) is 11.8 Å². The van der Waals surface area contributed by atoms with Gasteiger partial charge in [0, 0.05) is 0 Å². The van der Waals surface area contributed by atoms with Gasteiger partial charge in [-0.15, -0.1) is 0 Å². The largest absolute Gasteiger partial charge is 0.0853 e. The summed E-state index contributed by atoms with van der Waals surface area (Å²) >= 11 is 0. The van der Waals surface area contributed by atoms with E-state index in [2.05, 4.69) is 13.0 Å². The second-order valence-electron chi connectivity index (χ2n) is 5.34. The highest BCUT2D eigenvalue weighted by molar-refractivity contribution is 5.03. The fourth-order valence-corrected chi connectivity index (χ4v) is 3.20. The second-order valence-corrected chi connectivity index (χ2v) is 5.34. The molecule has 0 aromatic heterocycles. The lowest BCUT2D eigenvalue weighted by Crippen LogP contribution is -2.16. The van der Waals surface area contributed by atoms with E-state index in [0.717, 1.165) is 11.8 Å². The van der Waals surface area contributed by atoms with Crippen LogP contribution in [0.15, 0.2) is 11.6 Å². The minimum atomic E-state index is 1.04. The molecule has 14 heavy (non-hydrogen) atoms. The van der Waals surface area contributed by atoms with Crippen LogP contribution in [0.2, 0.25) is 0 Å². The zero-order chi connectivity index (χ0) is 9.80. The molecule has 0 aromatic rings. The van der Waals surface area contributed by atoms with Gasteiger partial charge in [-0.25, -0.2) is 0 Å². The second kappa shape index (κ2) is 5.00. The number of allylic oxidation sites excluding steroid dienone is 2. The molecule has 0 saturated heterocycles. The zero-order valence-corrected chi connectivity index (χ0v) is 9.60. The Labute approximate surface area is 88.8 Å². The standard InChI is InChI=1S/C14H24/c1-12-8-10-14(11-9-12)13-6-4-2-3-5-7-13/h8,13-14H,2-7,9-11H2,1H3. The summed E-state index contributed by atoms with van der Waals surface area (Å²) in [4.78, 5) is 0. The van der Waals surface area contributed by atoms with Crippen LogP contribution in [0.1, 0.15) is 64.7 Å². The zero-order valence-electron chi connectivity index (χ0n) is 9.60. The highest BCUT2D eigenvalue weighted by Gasteiger charge is 2.23. The maximum atomic E-state index is 2.50. The van der Waals surface area contributed by atoms with Crippen LogP contribution in [0.4, 0.5) is 0 Å². The van der Waals surface area contributed by atoms with Crippen LogP contribution in [-0.4, -0.2) is 0 Å². The van der Waals surface area contributed by atoms with Crippen molar-refractivity contribution < 1.29 is 0 Å². The summed E-state index contributed by atoms with van der Waals surface area (Å²) in [6.45, 7) is 2.29. The molecule has 0 aromatic carbocycles. The van der Waals surface area contributed by atoms with Gasteiger partial charge in [0.25, 0.3) is 0 Å². The van der Waals surface area contributed by atoms with E-state index in [4.69, 9.17) is 0 Å². The Bertz CT molecular complexity index is 194. The first kappa shape index (κ1) is 10.3. The smallest absolute Gasteiger partial charge is 0.0317 e. The Balaban J connectivity index is 1.87. The minimum absolute atomic E-state index is 1.04. The molecule has 1 fully saturated rings. The van der Waals surface area contributed by atoms with Gasteiger partial charge in [0.15, 0.2) is 0 Å². The first-order valence-corrected chi connectivity index (χ1v) is 6.52. The molecule has 0 heteroatoms. The molecule has 2 aliphatic rings. The predicted molar refractivity (Wildman–Crippen MR) is 62.3 cm³/mol. The average Bonchev–Trinajstić information content (AvgIpc) is 2.47. The summed E-state index contributed by atoms with van der Waals surface area (Å²) in [5.74, 6) is 2.11. The molecular weight excluding hydrogens is 168 g/mol. The highest BCUT2D eigenvalue weighted by atomic mass is 14.3. The number of rotatable bonds is 1. The molecular formula is C14H24. The predicted octanol–water partition coefficient (Wildman–Crippen LogP) is 4.70. The van der Waals surface area contributed by atoms with Gasteiger partial charge in [0.2, 0.25) is 0 Å². The Morgan fingerprint density at radius 2 is 1.64 bits per heavy atom. The van der Waals surface area contributed by atoms with Crippen LogP contribution in [0.5, 0.6) is 0 Å². The van der Waals surface area contributed by atoms with E-state index in [1.165, 1.54) is 57.8 Å². The van der Waals surface area contributed by atoms with Crippen molar-refractivity contribution >= 4 is 0 Å². The van der Waals surface area contributed by atoms with E-state index in [1.807, 2.05) is 0 Å². The molecule has 1 unspecified atom stereocenters. The summed E-state index contributed by atoms with van der Waals surface area (Å²) in [6, 6.07) is 0. The Morgan fingerprint density at radius 1 is 0.929 bits per heavy atom. The van der Waals surface area contributed by atoms with Crippen LogP contribution in [0.3, 0.4) is 0 Å². The third-order valence-corrected chi connectivity index (χ3v) is 4.25. The summed E-state index contributed by atoms with van der Waals surface area (Å²) in [5.41, 5.74) is 1.63. The molecule has 0 N–H and O–H groups in total. The van der Waals surface area contributed by atoms with Gasteiger partial charge in [-0.05, 0) is 38.0 Å². The van der Waals surface area contributed by atoms with Crippen LogP contribution in [-0.2, 0) is 0 Å². The molecule has 0 nitrogen and oxygen atoms in total. The lowest BCUT2D eigenvalue weighted by molar-refractivity contribution is 0.275. The molecule has 0 bridgehead atoms. The lowest BCUT2D eigenvalue weighted by Gasteiger charge is -2.28. The molecule has 0 heterocycles. The number of hydrogen-bond acceptors (Lipinski definition) is 0. The van der Waals surface area contributed by atoms with E-state index in [9.17, 15) is 0 Å². The highest BCUT2D eigenvalue weighted by Crippen LogP contribution is 2.36. The van der Waals surface area contributed by atoms with Gasteiger partial charge in [0.05, 0.1) is 0 Å². The normalized spacial score (nSPS) is 30.9. The molecule has 0 spiro atoms. The van der Waals surface area contributed by atoms with Crippen molar-refractivity contribution in [2.75, 3.05) is 0 Å². The van der Waals surface area contributed by atoms with Gasteiger partial charge in [0.1, 0.15) is 0 Å². The molecule has 1 saturated carbocycles. The van der Waals surface area contributed by atoms with Crippen LogP contribution >= 0.6 is 0 Å². The molecule has 0 radical (unpaired) electrons. The van der Waals surface area contributed by atoms with Crippen molar-refractivity contribution in [3.8, 4) is 0 Å². The molecule has 0 amide bonds. The van der Waals surface area contributed by atoms with Crippen molar-refractivity contribution in [3.05, 3.63) is 11.6 Å². The third kappa shape index (κ3) is 2.62. The van der Waals surface area contributed by atoms with Crippen molar-refractivity contribution in [3.63, 3.8) is 0 Å². The molecule has 2 rings (SSSR count). The topological polar surface area (TPSA) is 0 Å². The van der Waals surface area contributed by atoms with Gasteiger partial charge in [-0.2, -0.15) is 0 Å². The first-order valence-electron chi connectivity index (χ1n) is 6.52. The summed E-state index contributed by atoms with van der Waals surface area (Å²) in [5, 5.41) is 0. The molecule has 2 aliphatic carbocycles. The van der Waals surface area contributed by atoms with Gasteiger partial charge < -0.3 is 0 Å². The van der Waals surface area contributed by atoms with Gasteiger partial charge in [-0.3, -0.25) is 0 Å². The van der Waals surface area contributed by atoms with Crippen molar-refractivity contribution in [2.24, 2.45) is 11.8 Å². The average molecular weight is 192 g/mol. The fraction of sp³-hybridized carbons (Fsp3) is 0.857. The monoisotopic (exact) mass is 192 g/mol. The minimum Gasteiger partial charge on any atom is -0.0853 e. The summed E-state index contributed by atoms with van der Waals surface area (Å²) < 4.78 is 0. The van der Waals surface area contributed by atoms with Crippen molar-refractivity contribution in [1.29, 1.82) is 0 Å². The van der Waals surface area contributed by atoms with E-state index >= 15 is 0 Å². The molecule has 80 valence electrons. The Morgan fingerprint density at radius 3 is 2.21 bits per heavy atom. The van der Waals surface area contributed by atoms with Crippen molar-refractivity contribution in [2.45, 2.75) is 64.7 Å². The molecule has 0 aliphatic heterocycles. The third-order valence-electron chi connectivity index (χ3n) is 4.25. The maximum Gasteiger partial charge on any atom is -0.0317 e. The Hall–Kier alpha value is -0.260. The lowest BCUT2D eigenvalue weighted by atomic mass is 9.77. The van der Waals surface area contributed by atoms with Gasteiger partial charge >= 0.3 is 0 Å². The van der Waals surface area contributed by atoms with E-state index < -0.39 is 0 Å². The fourth-order valence-electron chi connectivity index (χ4n) is 3.20. The molecule has 1 atom stereocenters. The van der Waals surface area contributed by atoms with E-state index in [0.29, 0.717) is 0 Å². The van der Waals surface area contributed by atoms with Crippen molar-refractivity contribution in [1.82, 2.24) is 0 Å². The van der Waals surface area contributed by atoms with Crippen LogP contribution < -0.4 is 0 Å². The summed E-state index contributed by atoms with van der Waals surface area (Å²) in [7, 11) is 0. The first-order chi connectivity index (χ1) is 6.86. The SMILES string of the molecule is CC1=CCC(C2CCCCCC2)CC1. The maximum absolute atomic E-state index is 2.50. The summed E-state index contributed by atoms with van der Waals surface area (Å²) in [6.07, 6.45) is 15.8. The quantitative estimate of drug-likeness (QED) is 0.417. The van der Waals surface area contributed by atoms with E-state index in [1.54, 1.807) is 5.57 Å². The van der Waals surface area contributed by atoms with Crippen LogP contribution in [0.25, 0.3) is 0 Å². The van der Waals surface area contributed by atoms with E-state index in [-0.39, 0.29) is 0 Å². The van der Waals surface area contributed by atoms with Gasteiger partial charge in [-0.1, -0.05) is 50.2 Å².